The summed E-state index contributed by atoms with van der Waals surface area (Å²) in [6.07, 6.45) is 0. The van der Waals surface area contributed by atoms with Crippen LogP contribution in [0.2, 0.25) is 0 Å². The van der Waals surface area contributed by atoms with Crippen molar-refractivity contribution in [2.75, 3.05) is 13.6 Å². The second-order valence-electron chi connectivity index (χ2n) is 3.07. The topological polar surface area (TPSA) is 6.25 Å². The summed E-state index contributed by atoms with van der Waals surface area (Å²) in [4.78, 5) is 0. The third-order valence-electron chi connectivity index (χ3n) is 2.54. The maximum atomic E-state index is 2.55. The molecule has 58 valence electrons. The van der Waals surface area contributed by atoms with E-state index in [9.17, 15) is 0 Å². The lowest BCUT2D eigenvalue weighted by Crippen LogP contribution is -2.29. The Hall–Kier alpha value is -0.153. The molecule has 2 nitrogen and oxygen atoms in total. The molecule has 1 unspecified atom stereocenters. The highest BCUT2D eigenvalue weighted by Crippen LogP contribution is 2.04. The van der Waals surface area contributed by atoms with Gasteiger partial charge in [-0.05, 0) is 20.9 Å². The second-order valence-corrected chi connectivity index (χ2v) is 5.12. The number of hydrogen-bond acceptors (Lipinski definition) is 1. The van der Waals surface area contributed by atoms with E-state index in [1.165, 1.54) is 6.54 Å². The summed E-state index contributed by atoms with van der Waals surface area (Å²) in [5.41, 5.74) is 1.57. The minimum atomic E-state index is -0.0837. The Morgan fingerprint density at radius 1 is 1.70 bits per heavy atom. The van der Waals surface area contributed by atoms with Gasteiger partial charge >= 0.3 is 9.84 Å². The zero-order valence-electron chi connectivity index (χ0n) is 7.39. The summed E-state index contributed by atoms with van der Waals surface area (Å²) in [5, 5.41) is 0. The van der Waals surface area contributed by atoms with Crippen LogP contribution >= 0.6 is 0 Å². The highest BCUT2D eigenvalue weighted by atomic mass is 28.2. The van der Waals surface area contributed by atoms with Gasteiger partial charge in [-0.15, -0.1) is 0 Å². The van der Waals surface area contributed by atoms with Crippen LogP contribution in [-0.4, -0.2) is 44.0 Å². The summed E-state index contributed by atoms with van der Waals surface area (Å²) < 4.78 is 5.05. The standard InChI is InChI=1S/C7H17N2Si/c1-5-9-7(3)6(2)8(4)10-9/h6H,5,10H2,1-4H3/q+1. The van der Waals surface area contributed by atoms with Crippen molar-refractivity contribution in [3.05, 3.63) is 0 Å². The molecule has 0 aromatic rings. The highest BCUT2D eigenvalue weighted by Gasteiger charge is 2.29. The van der Waals surface area contributed by atoms with Crippen LogP contribution in [0.5, 0.6) is 0 Å². The Morgan fingerprint density at radius 3 is 2.50 bits per heavy atom. The van der Waals surface area contributed by atoms with E-state index >= 15 is 0 Å². The Balaban J connectivity index is 2.73. The lowest BCUT2D eigenvalue weighted by atomic mass is 10.2. The molecular formula is C7H17N2Si+. The Bertz CT molecular complexity index is 165. The molecule has 0 aromatic heterocycles. The molecule has 0 fully saturated rings. The van der Waals surface area contributed by atoms with E-state index in [1.807, 2.05) is 0 Å². The van der Waals surface area contributed by atoms with Gasteiger partial charge in [-0.25, -0.2) is 0 Å². The summed E-state index contributed by atoms with van der Waals surface area (Å²) in [7, 11) is 2.15. The van der Waals surface area contributed by atoms with E-state index in [0.29, 0.717) is 6.04 Å². The third-order valence-corrected chi connectivity index (χ3v) is 4.82. The first kappa shape index (κ1) is 7.95. The van der Waals surface area contributed by atoms with E-state index < -0.39 is 0 Å². The minimum absolute atomic E-state index is 0.0837. The highest BCUT2D eigenvalue weighted by molar-refractivity contribution is 6.27. The summed E-state index contributed by atoms with van der Waals surface area (Å²) in [6.45, 7) is 7.98. The van der Waals surface area contributed by atoms with Gasteiger partial charge in [0.1, 0.15) is 12.3 Å². The first-order chi connectivity index (χ1) is 4.66. The molecule has 0 N–H and O–H groups in total. The van der Waals surface area contributed by atoms with E-state index in [4.69, 9.17) is 0 Å². The monoisotopic (exact) mass is 157 g/mol. The molecule has 3 heteroatoms. The van der Waals surface area contributed by atoms with E-state index in [1.54, 1.807) is 5.71 Å². The van der Waals surface area contributed by atoms with Crippen molar-refractivity contribution in [3.8, 4) is 0 Å². The molecular weight excluding hydrogens is 140 g/mol. The molecule has 0 saturated heterocycles. The number of rotatable bonds is 1. The van der Waals surface area contributed by atoms with Gasteiger partial charge in [0.15, 0.2) is 0 Å². The quantitative estimate of drug-likeness (QED) is 0.478. The fourth-order valence-electron chi connectivity index (χ4n) is 1.44. The van der Waals surface area contributed by atoms with Gasteiger partial charge in [0.05, 0.1) is 6.04 Å². The maximum Gasteiger partial charge on any atom is 0.413 e. The van der Waals surface area contributed by atoms with E-state index in [0.717, 1.165) is 0 Å². The zero-order valence-corrected chi connectivity index (χ0v) is 8.80. The van der Waals surface area contributed by atoms with Gasteiger partial charge in [0.2, 0.25) is 0 Å². The summed E-state index contributed by atoms with van der Waals surface area (Å²) in [5.74, 6) is 0. The van der Waals surface area contributed by atoms with Crippen molar-refractivity contribution in [1.82, 2.24) is 4.57 Å². The van der Waals surface area contributed by atoms with Crippen molar-refractivity contribution < 1.29 is 4.24 Å². The molecule has 0 amide bonds. The van der Waals surface area contributed by atoms with E-state index in [-0.39, 0.29) is 9.84 Å². The second kappa shape index (κ2) is 2.84. The van der Waals surface area contributed by atoms with Crippen LogP contribution in [0.1, 0.15) is 20.8 Å². The van der Waals surface area contributed by atoms with Gasteiger partial charge < -0.3 is 4.24 Å². The summed E-state index contributed by atoms with van der Waals surface area (Å²) >= 11 is 0. The molecule has 1 atom stereocenters. The molecule has 0 aliphatic carbocycles. The van der Waals surface area contributed by atoms with Gasteiger partial charge in [0.25, 0.3) is 0 Å². The van der Waals surface area contributed by atoms with Crippen LogP contribution in [0.25, 0.3) is 0 Å². The fraction of sp³-hybridized carbons (Fsp3) is 0.857. The number of nitrogens with zero attached hydrogens (tertiary/aromatic N) is 2. The Morgan fingerprint density at radius 2 is 2.30 bits per heavy atom. The van der Waals surface area contributed by atoms with Gasteiger partial charge in [-0.1, -0.05) is 0 Å². The maximum absolute atomic E-state index is 2.55. The first-order valence-corrected chi connectivity index (χ1v) is 5.22. The molecule has 1 heterocycles. The smallest absolute Gasteiger partial charge is 0.302 e. The van der Waals surface area contributed by atoms with Crippen molar-refractivity contribution in [3.63, 3.8) is 0 Å². The average molecular weight is 157 g/mol. The molecule has 0 spiro atoms. The van der Waals surface area contributed by atoms with E-state index in [2.05, 4.69) is 36.6 Å². The van der Waals surface area contributed by atoms with Crippen molar-refractivity contribution >= 4 is 15.6 Å². The Kier molecular flexibility index (Phi) is 2.26. The predicted octanol–water partition coefficient (Wildman–Crippen LogP) is -0.188. The average Bonchev–Trinajstić information content (AvgIpc) is 2.17. The normalized spacial score (nSPS) is 30.6. The zero-order chi connectivity index (χ0) is 7.72. The first-order valence-electron chi connectivity index (χ1n) is 3.95. The van der Waals surface area contributed by atoms with Crippen molar-refractivity contribution in [2.45, 2.75) is 26.8 Å². The SMILES string of the molecule is CC[N+]1=C(C)C(C)N(C)[SiH2]1. The molecule has 1 rings (SSSR count). The molecule has 0 radical (unpaired) electrons. The molecule has 0 aromatic carbocycles. The summed E-state index contributed by atoms with van der Waals surface area (Å²) in [6, 6.07) is 0.701. The lowest BCUT2D eigenvalue weighted by Gasteiger charge is -2.07. The third kappa shape index (κ3) is 1.15. The van der Waals surface area contributed by atoms with Gasteiger partial charge in [-0.2, -0.15) is 0 Å². The van der Waals surface area contributed by atoms with Crippen LogP contribution < -0.4 is 0 Å². The lowest BCUT2D eigenvalue weighted by molar-refractivity contribution is -0.377. The molecule has 1 aliphatic rings. The number of hydrogen-bond donors (Lipinski definition) is 0. The van der Waals surface area contributed by atoms with Crippen LogP contribution in [-0.2, 0) is 0 Å². The van der Waals surface area contributed by atoms with Crippen molar-refractivity contribution in [1.29, 1.82) is 0 Å². The van der Waals surface area contributed by atoms with Crippen LogP contribution in [0, 0.1) is 0 Å². The molecule has 10 heavy (non-hydrogen) atoms. The fourth-order valence-corrected chi connectivity index (χ4v) is 3.17. The van der Waals surface area contributed by atoms with Crippen LogP contribution in [0.15, 0.2) is 0 Å². The predicted molar refractivity (Wildman–Crippen MR) is 47.3 cm³/mol. The van der Waals surface area contributed by atoms with Crippen LogP contribution in [0.3, 0.4) is 0 Å². The largest absolute Gasteiger partial charge is 0.413 e. The van der Waals surface area contributed by atoms with Crippen molar-refractivity contribution in [2.24, 2.45) is 0 Å². The van der Waals surface area contributed by atoms with Gasteiger partial charge in [-0.3, -0.25) is 4.57 Å². The molecule has 0 saturated carbocycles. The molecule has 0 bridgehead atoms. The van der Waals surface area contributed by atoms with Crippen LogP contribution in [0.4, 0.5) is 0 Å². The molecule has 1 aliphatic heterocycles. The van der Waals surface area contributed by atoms with Gasteiger partial charge in [0, 0.05) is 6.92 Å². The minimum Gasteiger partial charge on any atom is -0.302 e. The Labute approximate surface area is 65.5 Å².